The summed E-state index contributed by atoms with van der Waals surface area (Å²) in [4.78, 5) is 24.4. The molecule has 1 atom stereocenters. The first-order valence-corrected chi connectivity index (χ1v) is 6.60. The first kappa shape index (κ1) is 13.1. The summed E-state index contributed by atoms with van der Waals surface area (Å²) >= 11 is 3.39. The number of rotatable bonds is 3. The van der Waals surface area contributed by atoms with Crippen LogP contribution in [0.25, 0.3) is 0 Å². The minimum atomic E-state index is -0.870. The number of amides is 1. The highest BCUT2D eigenvalue weighted by atomic mass is 79.9. The maximum absolute atomic E-state index is 11.8. The Kier molecular flexibility index (Phi) is 4.01. The van der Waals surface area contributed by atoms with Crippen molar-refractivity contribution in [2.45, 2.75) is 19.4 Å². The molecule has 1 amide bonds. The van der Waals surface area contributed by atoms with E-state index in [1.807, 2.05) is 24.3 Å². The van der Waals surface area contributed by atoms with Crippen LogP contribution in [-0.2, 0) is 16.1 Å². The van der Waals surface area contributed by atoms with Gasteiger partial charge in [-0.25, -0.2) is 0 Å². The molecule has 1 aromatic carbocycles. The van der Waals surface area contributed by atoms with E-state index in [1.54, 1.807) is 4.90 Å². The van der Waals surface area contributed by atoms with Crippen molar-refractivity contribution < 1.29 is 14.7 Å². The van der Waals surface area contributed by atoms with Gasteiger partial charge in [0.1, 0.15) is 0 Å². The first-order valence-electron chi connectivity index (χ1n) is 5.81. The first-order chi connectivity index (χ1) is 8.56. The van der Waals surface area contributed by atoms with Crippen molar-refractivity contribution in [3.63, 3.8) is 0 Å². The van der Waals surface area contributed by atoms with Crippen LogP contribution in [0.3, 0.4) is 0 Å². The molecule has 0 aromatic heterocycles. The van der Waals surface area contributed by atoms with Crippen molar-refractivity contribution in [3.05, 3.63) is 34.3 Å². The lowest BCUT2D eigenvalue weighted by atomic mass is 9.96. The standard InChI is InChI=1S/C13H14BrNO3/c14-11-3-1-2-9(6-11)8-15-5-4-10(13(17)18)7-12(15)16/h1-3,6,10H,4-5,7-8H2,(H,17,18). The minimum Gasteiger partial charge on any atom is -0.481 e. The van der Waals surface area contributed by atoms with Crippen LogP contribution in [0.15, 0.2) is 28.7 Å². The van der Waals surface area contributed by atoms with Gasteiger partial charge in [0, 0.05) is 24.0 Å². The van der Waals surface area contributed by atoms with Gasteiger partial charge in [-0.1, -0.05) is 28.1 Å². The second-order valence-corrected chi connectivity index (χ2v) is 5.39. The maximum atomic E-state index is 11.8. The van der Waals surface area contributed by atoms with Gasteiger partial charge in [0.2, 0.25) is 5.91 Å². The number of halogens is 1. The summed E-state index contributed by atoms with van der Waals surface area (Å²) < 4.78 is 0.980. The van der Waals surface area contributed by atoms with Gasteiger partial charge in [0.25, 0.3) is 0 Å². The van der Waals surface area contributed by atoms with Gasteiger partial charge in [-0.2, -0.15) is 0 Å². The summed E-state index contributed by atoms with van der Waals surface area (Å²) in [5, 5.41) is 8.89. The molecule has 1 heterocycles. The van der Waals surface area contributed by atoms with E-state index in [0.29, 0.717) is 19.5 Å². The van der Waals surface area contributed by atoms with E-state index in [9.17, 15) is 9.59 Å². The molecule has 2 rings (SSSR count). The lowest BCUT2D eigenvalue weighted by Crippen LogP contribution is -2.40. The molecule has 18 heavy (non-hydrogen) atoms. The van der Waals surface area contributed by atoms with Crippen LogP contribution >= 0.6 is 15.9 Å². The fraction of sp³-hybridized carbons (Fsp3) is 0.385. The molecule has 1 fully saturated rings. The highest BCUT2D eigenvalue weighted by Crippen LogP contribution is 2.21. The van der Waals surface area contributed by atoms with Crippen molar-refractivity contribution in [1.82, 2.24) is 4.90 Å². The Balaban J connectivity index is 1.99. The number of nitrogens with zero attached hydrogens (tertiary/aromatic N) is 1. The number of aliphatic carboxylic acids is 1. The van der Waals surface area contributed by atoms with E-state index >= 15 is 0 Å². The molecule has 1 saturated heterocycles. The number of carboxylic acid groups (broad SMARTS) is 1. The van der Waals surface area contributed by atoms with Crippen molar-refractivity contribution in [3.8, 4) is 0 Å². The van der Waals surface area contributed by atoms with Crippen molar-refractivity contribution >= 4 is 27.8 Å². The second-order valence-electron chi connectivity index (χ2n) is 4.47. The molecule has 0 bridgehead atoms. The van der Waals surface area contributed by atoms with Gasteiger partial charge in [0.15, 0.2) is 0 Å². The number of carbonyl (C=O) groups is 2. The van der Waals surface area contributed by atoms with E-state index in [-0.39, 0.29) is 12.3 Å². The number of likely N-dealkylation sites (tertiary alicyclic amines) is 1. The molecule has 0 radical (unpaired) electrons. The molecule has 1 unspecified atom stereocenters. The van der Waals surface area contributed by atoms with Crippen LogP contribution < -0.4 is 0 Å². The zero-order valence-electron chi connectivity index (χ0n) is 9.80. The number of carbonyl (C=O) groups excluding carboxylic acids is 1. The third-order valence-corrected chi connectivity index (χ3v) is 3.63. The molecule has 1 aromatic rings. The van der Waals surface area contributed by atoms with E-state index in [0.717, 1.165) is 10.0 Å². The molecule has 1 aliphatic heterocycles. The predicted molar refractivity (Wildman–Crippen MR) is 69.9 cm³/mol. The second kappa shape index (κ2) is 5.52. The van der Waals surface area contributed by atoms with Crippen LogP contribution in [-0.4, -0.2) is 28.4 Å². The minimum absolute atomic E-state index is 0.0753. The van der Waals surface area contributed by atoms with E-state index in [2.05, 4.69) is 15.9 Å². The zero-order valence-corrected chi connectivity index (χ0v) is 11.4. The summed E-state index contributed by atoms with van der Waals surface area (Å²) in [5.74, 6) is -1.46. The molecule has 0 saturated carbocycles. The summed E-state index contributed by atoms with van der Waals surface area (Å²) in [5.41, 5.74) is 1.05. The molecule has 0 aliphatic carbocycles. The lowest BCUT2D eigenvalue weighted by molar-refractivity contribution is -0.149. The fourth-order valence-electron chi connectivity index (χ4n) is 2.11. The third-order valence-electron chi connectivity index (χ3n) is 3.13. The Labute approximate surface area is 114 Å². The largest absolute Gasteiger partial charge is 0.481 e. The number of hydrogen-bond donors (Lipinski definition) is 1. The predicted octanol–water partition coefficient (Wildman–Crippen LogP) is 2.27. The Hall–Kier alpha value is -1.36. The SMILES string of the molecule is O=C(O)C1CCN(Cc2cccc(Br)c2)C(=O)C1. The molecular weight excluding hydrogens is 298 g/mol. The van der Waals surface area contributed by atoms with Crippen molar-refractivity contribution in [1.29, 1.82) is 0 Å². The average Bonchev–Trinajstić information content (AvgIpc) is 2.31. The van der Waals surface area contributed by atoms with Crippen LogP contribution in [0.4, 0.5) is 0 Å². The van der Waals surface area contributed by atoms with Crippen molar-refractivity contribution in [2.75, 3.05) is 6.54 Å². The summed E-state index contributed by atoms with van der Waals surface area (Å²) in [6, 6.07) is 7.79. The highest BCUT2D eigenvalue weighted by Gasteiger charge is 2.29. The Bertz CT molecular complexity index is 475. The van der Waals surface area contributed by atoms with Crippen LogP contribution in [0, 0.1) is 5.92 Å². The molecule has 1 aliphatic rings. The topological polar surface area (TPSA) is 57.6 Å². The van der Waals surface area contributed by atoms with Gasteiger partial charge < -0.3 is 10.0 Å². The van der Waals surface area contributed by atoms with Gasteiger partial charge in [0.05, 0.1) is 5.92 Å². The Morgan fingerprint density at radius 2 is 2.28 bits per heavy atom. The molecule has 1 N–H and O–H groups in total. The van der Waals surface area contributed by atoms with Crippen molar-refractivity contribution in [2.24, 2.45) is 5.92 Å². The molecule has 5 heteroatoms. The summed E-state index contributed by atoms with van der Waals surface area (Å²) in [7, 11) is 0. The van der Waals surface area contributed by atoms with E-state index < -0.39 is 11.9 Å². The van der Waals surface area contributed by atoms with Crippen LogP contribution in [0.1, 0.15) is 18.4 Å². The number of piperidine rings is 1. The van der Waals surface area contributed by atoms with Gasteiger partial charge in [-0.3, -0.25) is 9.59 Å². The van der Waals surface area contributed by atoms with Gasteiger partial charge >= 0.3 is 5.97 Å². The summed E-state index contributed by atoms with van der Waals surface area (Å²) in [6.45, 7) is 1.06. The van der Waals surface area contributed by atoms with Gasteiger partial charge in [-0.15, -0.1) is 0 Å². The highest BCUT2D eigenvalue weighted by molar-refractivity contribution is 9.10. The number of hydrogen-bond acceptors (Lipinski definition) is 2. The van der Waals surface area contributed by atoms with E-state index in [4.69, 9.17) is 5.11 Å². The monoisotopic (exact) mass is 311 g/mol. The quantitative estimate of drug-likeness (QED) is 0.931. The Morgan fingerprint density at radius 1 is 1.50 bits per heavy atom. The number of carboxylic acids is 1. The molecule has 96 valence electrons. The molecule has 4 nitrogen and oxygen atoms in total. The van der Waals surface area contributed by atoms with Crippen LogP contribution in [0.5, 0.6) is 0 Å². The number of benzene rings is 1. The normalized spacial score (nSPS) is 19.9. The maximum Gasteiger partial charge on any atom is 0.307 e. The van der Waals surface area contributed by atoms with Gasteiger partial charge in [-0.05, 0) is 24.1 Å². The average molecular weight is 312 g/mol. The Morgan fingerprint density at radius 3 is 2.89 bits per heavy atom. The molecular formula is C13H14BrNO3. The smallest absolute Gasteiger partial charge is 0.307 e. The third kappa shape index (κ3) is 3.10. The summed E-state index contributed by atoms with van der Waals surface area (Å²) in [6.07, 6.45) is 0.651. The lowest BCUT2D eigenvalue weighted by Gasteiger charge is -2.30. The van der Waals surface area contributed by atoms with Crippen LogP contribution in [0.2, 0.25) is 0 Å². The molecule has 0 spiro atoms. The van der Waals surface area contributed by atoms with E-state index in [1.165, 1.54) is 0 Å². The zero-order chi connectivity index (χ0) is 13.1. The fourth-order valence-corrected chi connectivity index (χ4v) is 2.56.